The molecule has 0 unspecified atom stereocenters. The first kappa shape index (κ1) is 17.2. The van der Waals surface area contributed by atoms with Crippen molar-refractivity contribution in [1.82, 2.24) is 10.2 Å². The maximum atomic E-state index is 11.8. The van der Waals surface area contributed by atoms with Gasteiger partial charge in [-0.1, -0.05) is 41.6 Å². The summed E-state index contributed by atoms with van der Waals surface area (Å²) < 4.78 is 1.12. The maximum absolute atomic E-state index is 11.8. The number of alkyl halides is 1. The second-order valence-electron chi connectivity index (χ2n) is 4.71. The van der Waals surface area contributed by atoms with Crippen LogP contribution in [0.4, 0.5) is 5.69 Å². The zero-order valence-electron chi connectivity index (χ0n) is 12.1. The molecule has 1 rings (SSSR count). The average molecular weight is 389 g/mol. The molecule has 0 atom stereocenters. The molecule has 0 saturated carbocycles. The van der Waals surface area contributed by atoms with E-state index in [0.717, 1.165) is 48.3 Å². The van der Waals surface area contributed by atoms with Crippen molar-refractivity contribution < 1.29 is 4.79 Å². The molecular formula is C15H24IN3O. The molecule has 0 bridgehead atoms. The first-order valence-corrected chi connectivity index (χ1v) is 8.57. The lowest BCUT2D eigenvalue weighted by atomic mass is 10.1. The highest BCUT2D eigenvalue weighted by Crippen LogP contribution is 2.07. The van der Waals surface area contributed by atoms with Gasteiger partial charge in [-0.2, -0.15) is 0 Å². The van der Waals surface area contributed by atoms with E-state index in [0.29, 0.717) is 6.42 Å². The Morgan fingerprint density at radius 2 is 2.00 bits per heavy atom. The molecule has 0 aromatic heterocycles. The molecule has 5 heteroatoms. The van der Waals surface area contributed by atoms with Crippen LogP contribution in [0.25, 0.3) is 0 Å². The SMILES string of the molecule is CCN(CCI)CCNC(=O)CCc1ccc(N)cc1. The molecule has 4 nitrogen and oxygen atoms in total. The number of hydrogen-bond donors (Lipinski definition) is 2. The van der Waals surface area contributed by atoms with E-state index >= 15 is 0 Å². The van der Waals surface area contributed by atoms with Gasteiger partial charge in [-0.05, 0) is 30.7 Å². The van der Waals surface area contributed by atoms with Gasteiger partial charge in [0, 0.05) is 36.2 Å². The zero-order chi connectivity index (χ0) is 14.8. The quantitative estimate of drug-likeness (QED) is 0.386. The predicted octanol–water partition coefficient (Wildman–Crippen LogP) is 2.07. The molecule has 1 aromatic rings. The van der Waals surface area contributed by atoms with Crippen molar-refractivity contribution in [1.29, 1.82) is 0 Å². The number of halogens is 1. The van der Waals surface area contributed by atoms with E-state index in [4.69, 9.17) is 5.73 Å². The number of anilines is 1. The van der Waals surface area contributed by atoms with E-state index in [9.17, 15) is 4.79 Å². The third-order valence-corrected chi connectivity index (χ3v) is 3.70. The second kappa shape index (κ2) is 9.99. The Labute approximate surface area is 135 Å². The molecule has 20 heavy (non-hydrogen) atoms. The number of carbonyl (C=O) groups is 1. The molecule has 0 aliphatic rings. The lowest BCUT2D eigenvalue weighted by Gasteiger charge is -2.19. The van der Waals surface area contributed by atoms with Gasteiger partial charge in [0.2, 0.25) is 5.91 Å². The third kappa shape index (κ3) is 7.09. The molecule has 0 fully saturated rings. The molecule has 112 valence electrons. The Morgan fingerprint density at radius 1 is 1.30 bits per heavy atom. The summed E-state index contributed by atoms with van der Waals surface area (Å²) in [5.74, 6) is 0.118. The molecule has 0 heterocycles. The molecule has 0 radical (unpaired) electrons. The Morgan fingerprint density at radius 3 is 2.60 bits per heavy atom. The van der Waals surface area contributed by atoms with Crippen molar-refractivity contribution >= 4 is 34.2 Å². The molecule has 1 amide bonds. The van der Waals surface area contributed by atoms with E-state index in [1.54, 1.807) is 0 Å². The number of nitrogens with two attached hydrogens (primary N) is 1. The van der Waals surface area contributed by atoms with Crippen LogP contribution in [0.2, 0.25) is 0 Å². The summed E-state index contributed by atoms with van der Waals surface area (Å²) in [5.41, 5.74) is 7.54. The number of nitrogen functional groups attached to an aromatic ring is 1. The Kier molecular flexibility index (Phi) is 8.60. The van der Waals surface area contributed by atoms with E-state index < -0.39 is 0 Å². The van der Waals surface area contributed by atoms with Crippen LogP contribution in [0.15, 0.2) is 24.3 Å². The lowest BCUT2D eigenvalue weighted by molar-refractivity contribution is -0.121. The summed E-state index contributed by atoms with van der Waals surface area (Å²) in [6, 6.07) is 7.69. The van der Waals surface area contributed by atoms with Gasteiger partial charge in [-0.3, -0.25) is 4.79 Å². The van der Waals surface area contributed by atoms with Crippen molar-refractivity contribution in [2.75, 3.05) is 36.3 Å². The molecule has 3 N–H and O–H groups in total. The van der Waals surface area contributed by atoms with E-state index in [1.165, 1.54) is 0 Å². The minimum Gasteiger partial charge on any atom is -0.399 e. The van der Waals surface area contributed by atoms with Crippen molar-refractivity contribution in [3.63, 3.8) is 0 Å². The van der Waals surface area contributed by atoms with Crippen molar-refractivity contribution in [3.05, 3.63) is 29.8 Å². The number of nitrogens with one attached hydrogen (secondary N) is 1. The fraction of sp³-hybridized carbons (Fsp3) is 0.533. The highest BCUT2D eigenvalue weighted by molar-refractivity contribution is 14.1. The normalized spacial score (nSPS) is 10.8. The Balaban J connectivity index is 2.18. The van der Waals surface area contributed by atoms with Gasteiger partial charge >= 0.3 is 0 Å². The summed E-state index contributed by atoms with van der Waals surface area (Å²) in [6.45, 7) is 5.91. The fourth-order valence-electron chi connectivity index (χ4n) is 1.93. The molecule has 0 aliphatic heterocycles. The van der Waals surface area contributed by atoms with Gasteiger partial charge in [0.1, 0.15) is 0 Å². The summed E-state index contributed by atoms with van der Waals surface area (Å²) in [6.07, 6.45) is 1.29. The van der Waals surface area contributed by atoms with Crippen LogP contribution in [0, 0.1) is 0 Å². The van der Waals surface area contributed by atoms with E-state index in [-0.39, 0.29) is 5.91 Å². The minimum absolute atomic E-state index is 0.118. The minimum atomic E-state index is 0.118. The third-order valence-electron chi connectivity index (χ3n) is 3.22. The largest absolute Gasteiger partial charge is 0.399 e. The first-order valence-electron chi connectivity index (χ1n) is 7.05. The van der Waals surface area contributed by atoms with Gasteiger partial charge in [0.15, 0.2) is 0 Å². The molecule has 1 aromatic carbocycles. The van der Waals surface area contributed by atoms with Crippen molar-refractivity contribution in [3.8, 4) is 0 Å². The van der Waals surface area contributed by atoms with Crippen molar-refractivity contribution in [2.45, 2.75) is 19.8 Å². The number of carbonyl (C=O) groups excluding carboxylic acids is 1. The summed E-state index contributed by atoms with van der Waals surface area (Å²) in [7, 11) is 0. The highest BCUT2D eigenvalue weighted by atomic mass is 127. The number of rotatable bonds is 9. The van der Waals surface area contributed by atoms with Crippen LogP contribution < -0.4 is 11.1 Å². The average Bonchev–Trinajstić information content (AvgIpc) is 2.45. The van der Waals surface area contributed by atoms with Crippen LogP contribution in [-0.2, 0) is 11.2 Å². The fourth-order valence-corrected chi connectivity index (χ4v) is 2.61. The lowest BCUT2D eigenvalue weighted by Crippen LogP contribution is -2.35. The van der Waals surface area contributed by atoms with Gasteiger partial charge < -0.3 is 16.0 Å². The van der Waals surface area contributed by atoms with Gasteiger partial charge in [-0.25, -0.2) is 0 Å². The number of likely N-dealkylation sites (N-methyl/N-ethyl adjacent to an activating group) is 1. The van der Waals surface area contributed by atoms with Crippen LogP contribution in [0.5, 0.6) is 0 Å². The number of hydrogen-bond acceptors (Lipinski definition) is 3. The van der Waals surface area contributed by atoms with Gasteiger partial charge in [0.05, 0.1) is 0 Å². The van der Waals surface area contributed by atoms with E-state index in [2.05, 4.69) is 39.7 Å². The number of aryl methyl sites for hydroxylation is 1. The maximum Gasteiger partial charge on any atom is 0.220 e. The second-order valence-corrected chi connectivity index (χ2v) is 5.79. The summed E-state index contributed by atoms with van der Waals surface area (Å²) >= 11 is 2.38. The first-order chi connectivity index (χ1) is 9.65. The van der Waals surface area contributed by atoms with Gasteiger partial charge in [0.25, 0.3) is 0 Å². The van der Waals surface area contributed by atoms with Crippen LogP contribution in [0.1, 0.15) is 18.9 Å². The van der Waals surface area contributed by atoms with Gasteiger partial charge in [-0.15, -0.1) is 0 Å². The molecular weight excluding hydrogens is 365 g/mol. The summed E-state index contributed by atoms with van der Waals surface area (Å²) in [5, 5.41) is 2.98. The zero-order valence-corrected chi connectivity index (χ0v) is 14.2. The van der Waals surface area contributed by atoms with Crippen LogP contribution in [-0.4, -0.2) is 41.4 Å². The van der Waals surface area contributed by atoms with E-state index in [1.807, 2.05) is 24.3 Å². The smallest absolute Gasteiger partial charge is 0.220 e. The Hall–Kier alpha value is -0.820. The number of nitrogens with zero attached hydrogens (tertiary/aromatic N) is 1. The van der Waals surface area contributed by atoms with Crippen LogP contribution >= 0.6 is 22.6 Å². The van der Waals surface area contributed by atoms with Crippen molar-refractivity contribution in [2.24, 2.45) is 0 Å². The molecule has 0 spiro atoms. The number of amides is 1. The highest BCUT2D eigenvalue weighted by Gasteiger charge is 2.04. The standard InChI is InChI=1S/C15H24IN3O/c1-2-19(11-9-16)12-10-18-15(20)8-5-13-3-6-14(17)7-4-13/h3-4,6-7H,2,5,8-12,17H2,1H3,(H,18,20). The molecule has 0 saturated heterocycles. The molecule has 0 aliphatic carbocycles. The summed E-state index contributed by atoms with van der Waals surface area (Å²) in [4.78, 5) is 14.1. The Bertz CT molecular complexity index is 395. The predicted molar refractivity (Wildman–Crippen MR) is 93.2 cm³/mol. The monoisotopic (exact) mass is 389 g/mol. The topological polar surface area (TPSA) is 58.4 Å². The number of benzene rings is 1. The van der Waals surface area contributed by atoms with Crippen LogP contribution in [0.3, 0.4) is 0 Å².